The zero-order valence-electron chi connectivity index (χ0n) is 8.04. The molecule has 14 heavy (non-hydrogen) atoms. The van der Waals surface area contributed by atoms with Gasteiger partial charge in [-0.05, 0) is 30.7 Å². The van der Waals surface area contributed by atoms with Crippen LogP contribution >= 0.6 is 15.9 Å². The smallest absolute Gasteiger partial charge is 0.546 e. The van der Waals surface area contributed by atoms with Gasteiger partial charge in [0, 0.05) is 4.47 Å². The Hall–Kier alpha value is 0.606. The second kappa shape index (κ2) is 6.98. The van der Waals surface area contributed by atoms with Crippen molar-refractivity contribution in [2.75, 3.05) is 6.61 Å². The first-order chi connectivity index (χ1) is 6.09. The predicted molar refractivity (Wildman–Crippen MR) is 49.4 cm³/mol. The maximum Gasteiger partial charge on any atom is 1.00 e. The first-order valence-corrected chi connectivity index (χ1v) is 4.47. The van der Waals surface area contributed by atoms with Crippen molar-refractivity contribution in [2.45, 2.75) is 6.92 Å². The van der Waals surface area contributed by atoms with Crippen LogP contribution in [0.15, 0.2) is 22.7 Å². The first kappa shape index (κ1) is 14.6. The van der Waals surface area contributed by atoms with Gasteiger partial charge in [-0.2, -0.15) is 0 Å². The molecular weight excluding hydrogens is 275 g/mol. The Morgan fingerprint density at radius 1 is 1.57 bits per heavy atom. The summed E-state index contributed by atoms with van der Waals surface area (Å²) in [6, 6.07) is 5.26. The van der Waals surface area contributed by atoms with Gasteiger partial charge in [0.25, 0.3) is 0 Å². The molecule has 0 atom stereocenters. The van der Waals surface area contributed by atoms with Gasteiger partial charge in [0.15, 0.2) is 0 Å². The average molecular weight is 283 g/mol. The molecule has 0 aliphatic heterocycles. The van der Waals surface area contributed by atoms with Crippen LogP contribution in [0.25, 0.3) is 0 Å². The zero-order chi connectivity index (χ0) is 9.84. The van der Waals surface area contributed by atoms with Crippen LogP contribution in [0.1, 0.15) is 5.56 Å². The molecule has 0 N–H and O–H groups in total. The minimum atomic E-state index is -1.22. The molecule has 0 spiro atoms. The number of carbonyl (C=O) groups is 1. The normalized spacial score (nSPS) is 9.00. The van der Waals surface area contributed by atoms with Crippen LogP contribution in [0.2, 0.25) is 0 Å². The molecule has 1 rings (SSSR count). The summed E-state index contributed by atoms with van der Waals surface area (Å²) in [7, 11) is 0. The summed E-state index contributed by atoms with van der Waals surface area (Å²) in [6.07, 6.45) is 0. The number of benzene rings is 1. The summed E-state index contributed by atoms with van der Waals surface area (Å²) < 4.78 is 5.89. The Bertz CT molecular complexity index is 328. The van der Waals surface area contributed by atoms with E-state index in [4.69, 9.17) is 4.74 Å². The molecule has 0 fully saturated rings. The Morgan fingerprint density at radius 3 is 2.71 bits per heavy atom. The number of ether oxygens (including phenoxy) is 1. The number of aliphatic carboxylic acids is 1. The van der Waals surface area contributed by atoms with Gasteiger partial charge in [0.1, 0.15) is 12.4 Å². The number of halogens is 1. The van der Waals surface area contributed by atoms with Gasteiger partial charge < -0.3 is 14.6 Å². The summed E-state index contributed by atoms with van der Waals surface area (Å²) in [5, 5.41) is 10.1. The molecule has 0 aromatic heterocycles. The van der Waals surface area contributed by atoms with Crippen molar-refractivity contribution in [3.05, 3.63) is 28.2 Å². The summed E-state index contributed by atoms with van der Waals surface area (Å²) in [6.45, 7) is 1.48. The van der Waals surface area contributed by atoms with Gasteiger partial charge in [-0.1, -0.05) is 15.9 Å². The van der Waals surface area contributed by atoms with Crippen LogP contribution in [0.5, 0.6) is 5.75 Å². The number of rotatable bonds is 3. The standard InChI is InChI=1S/C9H9BrO3.K/c1-6-4-7(2-3-8(6)10)13-5-9(11)12;/h2-4H,5H2,1H3,(H,11,12);/q;+1/p-1. The summed E-state index contributed by atoms with van der Waals surface area (Å²) in [5.74, 6) is -0.689. The van der Waals surface area contributed by atoms with E-state index >= 15 is 0 Å². The third-order valence-corrected chi connectivity index (χ3v) is 2.38. The Kier molecular flexibility index (Phi) is 7.28. The van der Waals surface area contributed by atoms with E-state index in [0.717, 1.165) is 10.0 Å². The van der Waals surface area contributed by atoms with Crippen LogP contribution in [0, 0.1) is 6.92 Å². The molecular formula is C9H8BrKO3. The van der Waals surface area contributed by atoms with Crippen molar-refractivity contribution in [3.8, 4) is 5.75 Å². The van der Waals surface area contributed by atoms with Crippen molar-refractivity contribution < 1.29 is 66.0 Å². The molecule has 1 aromatic carbocycles. The Labute approximate surface area is 133 Å². The SMILES string of the molecule is Cc1cc(OCC(=O)[O-])ccc1Br.[K+]. The van der Waals surface area contributed by atoms with Gasteiger partial charge >= 0.3 is 51.4 Å². The van der Waals surface area contributed by atoms with Crippen LogP contribution in [0.4, 0.5) is 0 Å². The number of hydrogen-bond acceptors (Lipinski definition) is 3. The van der Waals surface area contributed by atoms with Gasteiger partial charge in [0.2, 0.25) is 0 Å². The first-order valence-electron chi connectivity index (χ1n) is 3.68. The molecule has 0 saturated heterocycles. The molecule has 0 unspecified atom stereocenters. The number of aryl methyl sites for hydroxylation is 1. The fourth-order valence-corrected chi connectivity index (χ4v) is 1.10. The topological polar surface area (TPSA) is 49.4 Å². The van der Waals surface area contributed by atoms with Gasteiger partial charge in [0.05, 0.1) is 5.97 Å². The van der Waals surface area contributed by atoms with Crippen molar-refractivity contribution >= 4 is 21.9 Å². The molecule has 0 aliphatic rings. The maximum atomic E-state index is 10.1. The second-order valence-corrected chi connectivity index (χ2v) is 3.43. The monoisotopic (exact) mass is 282 g/mol. The minimum Gasteiger partial charge on any atom is -0.546 e. The Balaban J connectivity index is 0.00000169. The molecule has 0 radical (unpaired) electrons. The molecule has 3 nitrogen and oxygen atoms in total. The predicted octanol–water partition coefficient (Wildman–Crippen LogP) is -2.11. The molecule has 5 heteroatoms. The van der Waals surface area contributed by atoms with Crippen molar-refractivity contribution in [1.82, 2.24) is 0 Å². The minimum absolute atomic E-state index is 0. The summed E-state index contributed by atoms with van der Waals surface area (Å²) in [5.41, 5.74) is 0.996. The number of carboxylic acid groups (broad SMARTS) is 1. The van der Waals surface area contributed by atoms with Crippen molar-refractivity contribution in [3.63, 3.8) is 0 Å². The fourth-order valence-electron chi connectivity index (χ4n) is 0.849. The van der Waals surface area contributed by atoms with Crippen LogP contribution in [-0.2, 0) is 4.79 Å². The molecule has 70 valence electrons. The summed E-state index contributed by atoms with van der Waals surface area (Å²) >= 11 is 3.33. The van der Waals surface area contributed by atoms with Crippen LogP contribution in [0.3, 0.4) is 0 Å². The van der Waals surface area contributed by atoms with E-state index in [2.05, 4.69) is 15.9 Å². The summed E-state index contributed by atoms with van der Waals surface area (Å²) in [4.78, 5) is 10.1. The van der Waals surface area contributed by atoms with Crippen LogP contribution in [-0.4, -0.2) is 12.6 Å². The van der Waals surface area contributed by atoms with E-state index in [-0.39, 0.29) is 51.4 Å². The molecule has 0 saturated carbocycles. The quantitative estimate of drug-likeness (QED) is 0.597. The van der Waals surface area contributed by atoms with E-state index in [0.29, 0.717) is 5.75 Å². The number of carbonyl (C=O) groups excluding carboxylic acids is 1. The fraction of sp³-hybridized carbons (Fsp3) is 0.222. The third kappa shape index (κ3) is 4.91. The largest absolute Gasteiger partial charge is 1.00 e. The van der Waals surface area contributed by atoms with E-state index in [1.54, 1.807) is 18.2 Å². The second-order valence-electron chi connectivity index (χ2n) is 2.57. The van der Waals surface area contributed by atoms with Crippen molar-refractivity contribution in [1.29, 1.82) is 0 Å². The van der Waals surface area contributed by atoms with E-state index in [1.807, 2.05) is 6.92 Å². The van der Waals surface area contributed by atoms with Gasteiger partial charge in [-0.3, -0.25) is 0 Å². The van der Waals surface area contributed by atoms with Crippen LogP contribution < -0.4 is 61.2 Å². The molecule has 1 aromatic rings. The van der Waals surface area contributed by atoms with E-state index < -0.39 is 12.6 Å². The van der Waals surface area contributed by atoms with E-state index in [1.165, 1.54) is 0 Å². The molecule has 0 amide bonds. The molecule has 0 bridgehead atoms. The molecule has 0 heterocycles. The Morgan fingerprint density at radius 2 is 2.21 bits per heavy atom. The van der Waals surface area contributed by atoms with E-state index in [9.17, 15) is 9.90 Å². The molecule has 0 aliphatic carbocycles. The van der Waals surface area contributed by atoms with Crippen molar-refractivity contribution in [2.24, 2.45) is 0 Å². The van der Waals surface area contributed by atoms with Gasteiger partial charge in [-0.15, -0.1) is 0 Å². The van der Waals surface area contributed by atoms with Gasteiger partial charge in [-0.25, -0.2) is 0 Å². The number of hydrogen-bond donors (Lipinski definition) is 0. The average Bonchev–Trinajstić information content (AvgIpc) is 2.07. The maximum absolute atomic E-state index is 10.1. The zero-order valence-corrected chi connectivity index (χ0v) is 12.8. The third-order valence-electron chi connectivity index (χ3n) is 1.49. The number of carboxylic acids is 1.